The number of nitrogens with one attached hydrogen (secondary N) is 2. The highest BCUT2D eigenvalue weighted by atomic mass is 16.5. The fraction of sp³-hybridized carbons (Fsp3) is 0.350. The first kappa shape index (κ1) is 20.4. The molecule has 0 radical (unpaired) electrons. The lowest BCUT2D eigenvalue weighted by Crippen LogP contribution is -2.45. The average Bonchev–Trinajstić information content (AvgIpc) is 3.37. The summed E-state index contributed by atoms with van der Waals surface area (Å²) in [5.74, 6) is -0.260. The van der Waals surface area contributed by atoms with Crippen LogP contribution in [0.4, 0.5) is 0 Å². The molecule has 0 aliphatic carbocycles. The Morgan fingerprint density at radius 1 is 1.17 bits per heavy atom. The van der Waals surface area contributed by atoms with Crippen LogP contribution in [0.2, 0.25) is 0 Å². The average molecular weight is 401 g/mol. The van der Waals surface area contributed by atoms with Gasteiger partial charge in [0.1, 0.15) is 18.1 Å². The Hall–Kier alpha value is -3.33. The molecule has 0 bridgehead atoms. The number of furan rings is 1. The van der Waals surface area contributed by atoms with E-state index in [1.165, 1.54) is 6.26 Å². The minimum Gasteiger partial charge on any atom is -0.491 e. The Morgan fingerprint density at radius 3 is 2.66 bits per heavy atom. The van der Waals surface area contributed by atoms with Gasteiger partial charge in [-0.05, 0) is 36.4 Å². The van der Waals surface area contributed by atoms with Crippen molar-refractivity contribution in [3.8, 4) is 5.75 Å². The van der Waals surface area contributed by atoms with Crippen LogP contribution in [0, 0.1) is 5.92 Å². The Bertz CT molecular complexity index is 834. The first-order valence-corrected chi connectivity index (χ1v) is 9.19. The van der Waals surface area contributed by atoms with Crippen LogP contribution in [0.25, 0.3) is 0 Å². The predicted molar refractivity (Wildman–Crippen MR) is 102 cm³/mol. The molecule has 2 N–H and O–H groups in total. The molecule has 0 saturated carbocycles. The second-order valence-corrected chi connectivity index (χ2v) is 6.56. The SMILES string of the molecule is COCCOc1ccc(C(=O)NNC(=O)C2CC(=O)N(Cc3ccco3)C2)cc1. The van der Waals surface area contributed by atoms with Gasteiger partial charge >= 0.3 is 0 Å². The van der Waals surface area contributed by atoms with Crippen molar-refractivity contribution in [3.05, 3.63) is 54.0 Å². The Balaban J connectivity index is 1.45. The molecule has 1 fully saturated rings. The molecule has 0 spiro atoms. The molecule has 1 aliphatic rings. The van der Waals surface area contributed by atoms with Gasteiger partial charge in [0.15, 0.2) is 0 Å². The Morgan fingerprint density at radius 2 is 1.97 bits per heavy atom. The van der Waals surface area contributed by atoms with Crippen molar-refractivity contribution in [2.24, 2.45) is 5.92 Å². The van der Waals surface area contributed by atoms with E-state index >= 15 is 0 Å². The lowest BCUT2D eigenvalue weighted by molar-refractivity contribution is -0.129. The van der Waals surface area contributed by atoms with Gasteiger partial charge < -0.3 is 18.8 Å². The van der Waals surface area contributed by atoms with E-state index in [1.54, 1.807) is 48.4 Å². The number of carbonyl (C=O) groups is 3. The largest absolute Gasteiger partial charge is 0.491 e. The third-order valence-electron chi connectivity index (χ3n) is 4.48. The third kappa shape index (κ3) is 5.58. The topological polar surface area (TPSA) is 110 Å². The van der Waals surface area contributed by atoms with Gasteiger partial charge in [0.05, 0.1) is 25.3 Å². The summed E-state index contributed by atoms with van der Waals surface area (Å²) < 4.78 is 15.6. The summed E-state index contributed by atoms with van der Waals surface area (Å²) in [5, 5.41) is 0. The van der Waals surface area contributed by atoms with Crippen LogP contribution in [-0.2, 0) is 20.9 Å². The summed E-state index contributed by atoms with van der Waals surface area (Å²) in [6, 6.07) is 10.0. The molecule has 3 amide bonds. The zero-order chi connectivity index (χ0) is 20.6. The van der Waals surface area contributed by atoms with Gasteiger partial charge in [-0.25, -0.2) is 0 Å². The summed E-state index contributed by atoms with van der Waals surface area (Å²) >= 11 is 0. The number of ether oxygens (including phenoxy) is 2. The Kier molecular flexibility index (Phi) is 6.85. The Labute approximate surface area is 167 Å². The van der Waals surface area contributed by atoms with Crippen molar-refractivity contribution in [1.82, 2.24) is 15.8 Å². The molecule has 1 aromatic heterocycles. The number of hydrazine groups is 1. The molecular formula is C20H23N3O6. The maximum atomic E-state index is 12.3. The van der Waals surface area contributed by atoms with E-state index in [0.717, 1.165) is 0 Å². The minimum atomic E-state index is -0.533. The summed E-state index contributed by atoms with van der Waals surface area (Å²) in [6.07, 6.45) is 1.63. The fourth-order valence-electron chi connectivity index (χ4n) is 2.93. The number of amides is 3. The number of likely N-dealkylation sites (tertiary alicyclic amines) is 1. The summed E-state index contributed by atoms with van der Waals surface area (Å²) in [5.41, 5.74) is 5.13. The first-order valence-electron chi connectivity index (χ1n) is 9.19. The van der Waals surface area contributed by atoms with Crippen molar-refractivity contribution in [3.63, 3.8) is 0 Å². The van der Waals surface area contributed by atoms with Crippen LogP contribution in [-0.4, -0.2) is 49.5 Å². The third-order valence-corrected chi connectivity index (χ3v) is 4.48. The number of nitrogens with zero attached hydrogens (tertiary/aromatic N) is 1. The van der Waals surface area contributed by atoms with Crippen LogP contribution >= 0.6 is 0 Å². The van der Waals surface area contributed by atoms with E-state index < -0.39 is 17.7 Å². The number of hydrogen-bond acceptors (Lipinski definition) is 6. The first-order chi connectivity index (χ1) is 14.1. The van der Waals surface area contributed by atoms with Gasteiger partial charge in [0.2, 0.25) is 11.8 Å². The summed E-state index contributed by atoms with van der Waals surface area (Å²) in [4.78, 5) is 38.2. The van der Waals surface area contributed by atoms with Gasteiger partial charge in [-0.15, -0.1) is 0 Å². The fourth-order valence-corrected chi connectivity index (χ4v) is 2.93. The highest BCUT2D eigenvalue weighted by molar-refractivity contribution is 5.96. The standard InChI is InChI=1S/C20H23N3O6/c1-27-9-10-29-16-6-4-14(5-7-16)19(25)21-22-20(26)15-11-18(24)23(12-15)13-17-3-2-8-28-17/h2-8,15H,9-13H2,1H3,(H,21,25)(H,22,26). The number of benzene rings is 1. The monoisotopic (exact) mass is 401 g/mol. The van der Waals surface area contributed by atoms with E-state index in [2.05, 4.69) is 10.9 Å². The molecule has 29 heavy (non-hydrogen) atoms. The zero-order valence-electron chi connectivity index (χ0n) is 16.1. The lowest BCUT2D eigenvalue weighted by atomic mass is 10.1. The maximum absolute atomic E-state index is 12.3. The highest BCUT2D eigenvalue weighted by Crippen LogP contribution is 2.20. The van der Waals surface area contributed by atoms with Crippen molar-refractivity contribution < 1.29 is 28.3 Å². The van der Waals surface area contributed by atoms with E-state index in [9.17, 15) is 14.4 Å². The predicted octanol–water partition coefficient (Wildman–Crippen LogP) is 1.11. The minimum absolute atomic E-state index is 0.0932. The van der Waals surface area contributed by atoms with Crippen molar-refractivity contribution in [2.75, 3.05) is 26.9 Å². The number of methoxy groups -OCH3 is 1. The van der Waals surface area contributed by atoms with E-state index in [0.29, 0.717) is 36.8 Å². The normalized spacial score (nSPS) is 16.0. The van der Waals surface area contributed by atoms with Gasteiger partial charge in [-0.2, -0.15) is 0 Å². The van der Waals surface area contributed by atoms with Crippen LogP contribution in [0.5, 0.6) is 5.75 Å². The van der Waals surface area contributed by atoms with Gasteiger partial charge in [-0.3, -0.25) is 25.2 Å². The molecule has 1 aliphatic heterocycles. The van der Waals surface area contributed by atoms with Crippen molar-refractivity contribution in [2.45, 2.75) is 13.0 Å². The summed E-state index contributed by atoms with van der Waals surface area (Å²) in [6.45, 7) is 1.47. The molecule has 3 rings (SSSR count). The number of carbonyl (C=O) groups excluding carboxylic acids is 3. The van der Waals surface area contributed by atoms with Crippen molar-refractivity contribution in [1.29, 1.82) is 0 Å². The summed E-state index contributed by atoms with van der Waals surface area (Å²) in [7, 11) is 1.59. The van der Waals surface area contributed by atoms with Gasteiger partial charge in [0.25, 0.3) is 5.91 Å². The molecule has 9 nitrogen and oxygen atoms in total. The molecule has 1 unspecified atom stereocenters. The highest BCUT2D eigenvalue weighted by Gasteiger charge is 2.34. The molecule has 1 saturated heterocycles. The van der Waals surface area contributed by atoms with Crippen LogP contribution in [0.1, 0.15) is 22.5 Å². The lowest BCUT2D eigenvalue weighted by Gasteiger charge is -2.15. The zero-order valence-corrected chi connectivity index (χ0v) is 16.1. The smallest absolute Gasteiger partial charge is 0.269 e. The van der Waals surface area contributed by atoms with Crippen LogP contribution in [0.15, 0.2) is 47.1 Å². The number of hydrogen-bond donors (Lipinski definition) is 2. The maximum Gasteiger partial charge on any atom is 0.269 e. The number of rotatable bonds is 8. The van der Waals surface area contributed by atoms with Crippen LogP contribution < -0.4 is 15.6 Å². The van der Waals surface area contributed by atoms with Gasteiger partial charge in [-0.1, -0.05) is 0 Å². The van der Waals surface area contributed by atoms with E-state index in [4.69, 9.17) is 13.9 Å². The van der Waals surface area contributed by atoms with E-state index in [1.807, 2.05) is 0 Å². The molecular weight excluding hydrogens is 378 g/mol. The molecule has 154 valence electrons. The second-order valence-electron chi connectivity index (χ2n) is 6.56. The molecule has 1 aromatic carbocycles. The van der Waals surface area contributed by atoms with Crippen molar-refractivity contribution >= 4 is 17.7 Å². The molecule has 2 heterocycles. The quantitative estimate of drug-likeness (QED) is 0.507. The molecule has 9 heteroatoms. The molecule has 1 atom stereocenters. The van der Waals surface area contributed by atoms with E-state index in [-0.39, 0.29) is 18.9 Å². The molecule has 2 aromatic rings. The van der Waals surface area contributed by atoms with Gasteiger partial charge in [0, 0.05) is 25.6 Å². The second kappa shape index (κ2) is 9.74. The van der Waals surface area contributed by atoms with Crippen LogP contribution in [0.3, 0.4) is 0 Å².